The number of carbonyl (C=O) groups is 4. The van der Waals surface area contributed by atoms with Crippen LogP contribution in [0.2, 0.25) is 0 Å². The molecule has 0 aliphatic carbocycles. The van der Waals surface area contributed by atoms with E-state index in [1.807, 2.05) is 20.8 Å². The highest BCUT2D eigenvalue weighted by molar-refractivity contribution is 6.23. The van der Waals surface area contributed by atoms with Crippen LogP contribution >= 0.6 is 0 Å². The number of hydrogen-bond acceptors (Lipinski definition) is 6. The summed E-state index contributed by atoms with van der Waals surface area (Å²) in [7, 11) is 2.81. The molecule has 2 aromatic carbocycles. The summed E-state index contributed by atoms with van der Waals surface area (Å²) < 4.78 is 9.82. The molecular formula is C24H26N2O6. The number of anilines is 1. The minimum atomic E-state index is -0.947. The molecule has 0 radical (unpaired) electrons. The lowest BCUT2D eigenvalue weighted by atomic mass is 9.99. The zero-order valence-corrected chi connectivity index (χ0v) is 18.7. The zero-order chi connectivity index (χ0) is 23.6. The average molecular weight is 438 g/mol. The van der Waals surface area contributed by atoms with Gasteiger partial charge in [-0.2, -0.15) is 0 Å². The number of imide groups is 1. The van der Waals surface area contributed by atoms with Crippen molar-refractivity contribution >= 4 is 29.4 Å². The van der Waals surface area contributed by atoms with E-state index in [-0.39, 0.29) is 12.3 Å². The van der Waals surface area contributed by atoms with E-state index in [0.29, 0.717) is 22.6 Å². The maximum Gasteiger partial charge on any atom is 0.337 e. The summed E-state index contributed by atoms with van der Waals surface area (Å²) in [5.74, 6) is -1.16. The van der Waals surface area contributed by atoms with Gasteiger partial charge in [0, 0.05) is 11.1 Å². The van der Waals surface area contributed by atoms with E-state index >= 15 is 0 Å². The number of nitrogens with zero attached hydrogens (tertiary/aromatic N) is 2. The number of carbonyl (C=O) groups excluding carboxylic acids is 4. The third kappa shape index (κ3) is 4.34. The molecule has 168 valence electrons. The molecule has 0 N–H and O–H groups in total. The van der Waals surface area contributed by atoms with Gasteiger partial charge in [-0.15, -0.1) is 0 Å². The summed E-state index contributed by atoms with van der Waals surface area (Å²) in [5.41, 5.74) is 0.309. The normalized spacial score (nSPS) is 16.2. The molecule has 2 aromatic rings. The van der Waals surface area contributed by atoms with Crippen LogP contribution in [0.15, 0.2) is 48.5 Å². The molecular weight excluding hydrogens is 412 g/mol. The number of esters is 1. The van der Waals surface area contributed by atoms with Gasteiger partial charge in [0.15, 0.2) is 0 Å². The van der Waals surface area contributed by atoms with Crippen molar-refractivity contribution in [2.75, 3.05) is 19.1 Å². The molecule has 3 rings (SSSR count). The molecule has 8 heteroatoms. The number of hydrogen-bond donors (Lipinski definition) is 0. The molecule has 8 nitrogen and oxygen atoms in total. The maximum absolute atomic E-state index is 13.4. The van der Waals surface area contributed by atoms with Gasteiger partial charge in [0.25, 0.3) is 11.8 Å². The topological polar surface area (TPSA) is 93.2 Å². The van der Waals surface area contributed by atoms with Gasteiger partial charge >= 0.3 is 5.97 Å². The lowest BCUT2D eigenvalue weighted by Gasteiger charge is -2.39. The fourth-order valence-corrected chi connectivity index (χ4v) is 3.74. The van der Waals surface area contributed by atoms with Crippen molar-refractivity contribution in [3.8, 4) is 5.75 Å². The SMILES string of the molecule is COC(=O)c1ccc(N2C(=O)CC(N(C(=O)c3ccc(OC)cc3)C(C)(C)C)C2=O)cc1. The fourth-order valence-electron chi connectivity index (χ4n) is 3.74. The zero-order valence-electron chi connectivity index (χ0n) is 18.7. The van der Waals surface area contributed by atoms with Gasteiger partial charge in [0.2, 0.25) is 5.91 Å². The van der Waals surface area contributed by atoms with E-state index in [4.69, 9.17) is 4.74 Å². The summed E-state index contributed by atoms with van der Waals surface area (Å²) in [5, 5.41) is 0. The Morgan fingerprint density at radius 3 is 2.00 bits per heavy atom. The molecule has 1 fully saturated rings. The van der Waals surface area contributed by atoms with Gasteiger partial charge in [-0.25, -0.2) is 9.69 Å². The smallest absolute Gasteiger partial charge is 0.337 e. The minimum absolute atomic E-state index is 0.128. The van der Waals surface area contributed by atoms with Gasteiger partial charge in [-0.05, 0) is 69.3 Å². The Labute approximate surface area is 186 Å². The van der Waals surface area contributed by atoms with Crippen molar-refractivity contribution in [3.05, 3.63) is 59.7 Å². The molecule has 1 heterocycles. The summed E-state index contributed by atoms with van der Waals surface area (Å²) in [6.07, 6.45) is -0.128. The number of amides is 3. The fraction of sp³-hybridized carbons (Fsp3) is 0.333. The first-order valence-corrected chi connectivity index (χ1v) is 10.1. The van der Waals surface area contributed by atoms with Crippen LogP contribution in [0.3, 0.4) is 0 Å². The Morgan fingerprint density at radius 2 is 1.50 bits per heavy atom. The second-order valence-electron chi connectivity index (χ2n) is 8.40. The largest absolute Gasteiger partial charge is 0.497 e. The quantitative estimate of drug-likeness (QED) is 0.526. The molecule has 32 heavy (non-hydrogen) atoms. The molecule has 1 aliphatic heterocycles. The molecule has 0 bridgehead atoms. The highest BCUT2D eigenvalue weighted by Crippen LogP contribution is 2.31. The molecule has 3 amide bonds. The highest BCUT2D eigenvalue weighted by Gasteiger charge is 2.47. The van der Waals surface area contributed by atoms with Crippen LogP contribution in [0.5, 0.6) is 5.75 Å². The first-order chi connectivity index (χ1) is 15.1. The summed E-state index contributed by atoms with van der Waals surface area (Å²) in [4.78, 5) is 53.7. The third-order valence-corrected chi connectivity index (χ3v) is 5.26. The van der Waals surface area contributed by atoms with Crippen molar-refractivity contribution < 1.29 is 28.7 Å². The number of methoxy groups -OCH3 is 2. The van der Waals surface area contributed by atoms with E-state index < -0.39 is 29.4 Å². The first-order valence-electron chi connectivity index (χ1n) is 10.1. The van der Waals surface area contributed by atoms with Gasteiger partial charge in [-0.1, -0.05) is 0 Å². The van der Waals surface area contributed by atoms with Gasteiger partial charge in [0.05, 0.1) is 31.9 Å². The second-order valence-corrected chi connectivity index (χ2v) is 8.40. The van der Waals surface area contributed by atoms with Gasteiger partial charge in [-0.3, -0.25) is 14.4 Å². The Balaban J connectivity index is 1.92. The van der Waals surface area contributed by atoms with Crippen molar-refractivity contribution in [1.29, 1.82) is 0 Å². The van der Waals surface area contributed by atoms with Crippen LogP contribution in [0.4, 0.5) is 5.69 Å². The summed E-state index contributed by atoms with van der Waals surface area (Å²) in [6.45, 7) is 5.46. The van der Waals surface area contributed by atoms with Crippen molar-refractivity contribution in [2.45, 2.75) is 38.8 Å². The van der Waals surface area contributed by atoms with Crippen LogP contribution in [0.1, 0.15) is 47.9 Å². The lowest BCUT2D eigenvalue weighted by molar-refractivity contribution is -0.123. The number of ether oxygens (including phenoxy) is 2. The monoisotopic (exact) mass is 438 g/mol. The van der Waals surface area contributed by atoms with Crippen molar-refractivity contribution in [3.63, 3.8) is 0 Å². The standard InChI is InChI=1S/C24H26N2O6/c1-24(2,3)26(21(28)15-8-12-18(31-4)13-9-15)19-14-20(27)25(22(19)29)17-10-6-16(7-11-17)23(30)32-5/h6-13,19H,14H2,1-5H3. The van der Waals surface area contributed by atoms with E-state index in [0.717, 1.165) is 4.90 Å². The number of benzene rings is 2. The van der Waals surface area contributed by atoms with Gasteiger partial charge in [0.1, 0.15) is 11.8 Å². The number of rotatable bonds is 5. The summed E-state index contributed by atoms with van der Waals surface area (Å²) >= 11 is 0. The van der Waals surface area contributed by atoms with Crippen molar-refractivity contribution in [1.82, 2.24) is 4.90 Å². The molecule has 1 aliphatic rings. The maximum atomic E-state index is 13.4. The molecule has 0 saturated carbocycles. The van der Waals surface area contributed by atoms with E-state index in [1.165, 1.54) is 43.4 Å². The molecule has 1 unspecified atom stereocenters. The molecule has 0 spiro atoms. The second kappa shape index (κ2) is 8.82. The van der Waals surface area contributed by atoms with E-state index in [9.17, 15) is 19.2 Å². The Hall–Kier alpha value is -3.68. The Morgan fingerprint density at radius 1 is 0.938 bits per heavy atom. The summed E-state index contributed by atoms with van der Waals surface area (Å²) in [6, 6.07) is 11.6. The Kier molecular flexibility index (Phi) is 6.34. The first kappa shape index (κ1) is 23.0. The average Bonchev–Trinajstić information content (AvgIpc) is 3.05. The Bertz CT molecular complexity index is 1040. The minimum Gasteiger partial charge on any atom is -0.497 e. The van der Waals surface area contributed by atoms with E-state index in [2.05, 4.69) is 4.74 Å². The third-order valence-electron chi connectivity index (χ3n) is 5.26. The van der Waals surface area contributed by atoms with Crippen LogP contribution in [-0.4, -0.2) is 54.4 Å². The predicted octanol–water partition coefficient (Wildman–Crippen LogP) is 3.05. The highest BCUT2D eigenvalue weighted by atomic mass is 16.5. The van der Waals surface area contributed by atoms with Crippen LogP contribution in [0, 0.1) is 0 Å². The lowest BCUT2D eigenvalue weighted by Crippen LogP contribution is -2.54. The van der Waals surface area contributed by atoms with Crippen LogP contribution < -0.4 is 9.64 Å². The predicted molar refractivity (Wildman–Crippen MR) is 118 cm³/mol. The van der Waals surface area contributed by atoms with Crippen LogP contribution in [-0.2, 0) is 14.3 Å². The van der Waals surface area contributed by atoms with Crippen molar-refractivity contribution in [2.24, 2.45) is 0 Å². The van der Waals surface area contributed by atoms with E-state index in [1.54, 1.807) is 24.3 Å². The van der Waals surface area contributed by atoms with Crippen LogP contribution in [0.25, 0.3) is 0 Å². The molecule has 1 atom stereocenters. The molecule has 1 saturated heterocycles. The van der Waals surface area contributed by atoms with Gasteiger partial charge < -0.3 is 14.4 Å². The molecule has 0 aromatic heterocycles.